The molecule has 0 aliphatic heterocycles. The van der Waals surface area contributed by atoms with Crippen LogP contribution in [0.2, 0.25) is 0 Å². The summed E-state index contributed by atoms with van der Waals surface area (Å²) in [6.45, 7) is 6.42. The van der Waals surface area contributed by atoms with Crippen LogP contribution >= 0.6 is 11.8 Å². The molecule has 0 aliphatic carbocycles. The minimum Gasteiger partial charge on any atom is -0.324 e. The monoisotopic (exact) mass is 310 g/mol. The number of nitrogens with two attached hydrogens (primary N) is 1. The van der Waals surface area contributed by atoms with E-state index in [2.05, 4.69) is 44.1 Å². The minimum absolute atomic E-state index is 0.405. The van der Waals surface area contributed by atoms with Gasteiger partial charge in [0.2, 0.25) is 0 Å². The molecule has 2 rings (SSSR count). The molecule has 0 radical (unpaired) electrons. The van der Waals surface area contributed by atoms with Crippen LogP contribution in [-0.4, -0.2) is 35.0 Å². The van der Waals surface area contributed by atoms with E-state index in [1.807, 2.05) is 4.68 Å². The number of nitrogens with zero attached hydrogens (tertiary/aromatic N) is 7. The van der Waals surface area contributed by atoms with Crippen molar-refractivity contribution < 1.29 is 0 Å². The molecule has 0 atom stereocenters. The fourth-order valence-corrected chi connectivity index (χ4v) is 2.88. The third-order valence-corrected chi connectivity index (χ3v) is 4.05. The van der Waals surface area contributed by atoms with Gasteiger partial charge in [0.1, 0.15) is 5.82 Å². The minimum atomic E-state index is 0.405. The molecule has 2 aromatic rings. The first-order valence-electron chi connectivity index (χ1n) is 7.30. The molecule has 0 fully saturated rings. The molecule has 0 bridgehead atoms. The number of aryl methyl sites for hydroxylation is 1. The van der Waals surface area contributed by atoms with Crippen molar-refractivity contribution in [1.29, 1.82) is 0 Å². The van der Waals surface area contributed by atoms with Crippen LogP contribution in [-0.2, 0) is 25.4 Å². The lowest BCUT2D eigenvalue weighted by atomic mass is 10.3. The zero-order valence-corrected chi connectivity index (χ0v) is 13.4. The number of thioether (sulfide) groups is 1. The van der Waals surface area contributed by atoms with E-state index >= 15 is 0 Å². The molecule has 0 spiro atoms. The van der Waals surface area contributed by atoms with Crippen LogP contribution in [0.3, 0.4) is 0 Å². The molecule has 116 valence electrons. The van der Waals surface area contributed by atoms with E-state index in [4.69, 9.17) is 5.73 Å². The Hall–Kier alpha value is -1.48. The molecule has 8 nitrogen and oxygen atoms in total. The van der Waals surface area contributed by atoms with Crippen LogP contribution < -0.4 is 5.73 Å². The van der Waals surface area contributed by atoms with Crippen molar-refractivity contribution >= 4 is 11.8 Å². The van der Waals surface area contributed by atoms with Gasteiger partial charge in [0.05, 0.1) is 12.3 Å². The molecule has 21 heavy (non-hydrogen) atoms. The van der Waals surface area contributed by atoms with Gasteiger partial charge in [0, 0.05) is 13.1 Å². The molecular formula is C12H22N8S. The summed E-state index contributed by atoms with van der Waals surface area (Å²) in [5.41, 5.74) is 5.69. The second kappa shape index (κ2) is 8.08. The zero-order chi connectivity index (χ0) is 15.1. The normalized spacial score (nSPS) is 11.2. The van der Waals surface area contributed by atoms with Gasteiger partial charge in [-0.3, -0.25) is 0 Å². The third-order valence-electron chi connectivity index (χ3n) is 3.08. The van der Waals surface area contributed by atoms with E-state index in [0.717, 1.165) is 49.2 Å². The predicted octanol–water partition coefficient (Wildman–Crippen LogP) is 1.23. The summed E-state index contributed by atoms with van der Waals surface area (Å²) in [4.78, 5) is 0. The van der Waals surface area contributed by atoms with E-state index < -0.39 is 0 Å². The molecular weight excluding hydrogens is 288 g/mol. The zero-order valence-electron chi connectivity index (χ0n) is 12.6. The van der Waals surface area contributed by atoms with Crippen molar-refractivity contribution in [2.24, 2.45) is 5.73 Å². The summed E-state index contributed by atoms with van der Waals surface area (Å²) < 4.78 is 3.94. The van der Waals surface area contributed by atoms with Crippen molar-refractivity contribution in [3.8, 4) is 0 Å². The molecule has 0 aromatic carbocycles. The Morgan fingerprint density at radius 2 is 1.90 bits per heavy atom. The Balaban J connectivity index is 2.03. The van der Waals surface area contributed by atoms with Gasteiger partial charge >= 0.3 is 0 Å². The maximum Gasteiger partial charge on any atom is 0.191 e. The van der Waals surface area contributed by atoms with Crippen molar-refractivity contribution in [3.63, 3.8) is 0 Å². The van der Waals surface area contributed by atoms with Crippen molar-refractivity contribution in [2.75, 3.05) is 0 Å². The SMILES string of the molecule is CCCCn1nnnc1CSc1nnc(CN)n1CCC. The molecule has 0 saturated carbocycles. The highest BCUT2D eigenvalue weighted by Gasteiger charge is 2.13. The van der Waals surface area contributed by atoms with Gasteiger partial charge in [-0.15, -0.1) is 15.3 Å². The average molecular weight is 310 g/mol. The Morgan fingerprint density at radius 1 is 1.05 bits per heavy atom. The van der Waals surface area contributed by atoms with E-state index in [1.165, 1.54) is 0 Å². The summed E-state index contributed by atoms with van der Waals surface area (Å²) in [5.74, 6) is 2.38. The van der Waals surface area contributed by atoms with Gasteiger partial charge in [0.15, 0.2) is 11.0 Å². The molecule has 9 heteroatoms. The van der Waals surface area contributed by atoms with Crippen molar-refractivity contribution in [1.82, 2.24) is 35.0 Å². The van der Waals surface area contributed by atoms with E-state index in [-0.39, 0.29) is 0 Å². The number of aromatic nitrogens is 7. The van der Waals surface area contributed by atoms with E-state index in [1.54, 1.807) is 11.8 Å². The standard InChI is InChI=1S/C12H22N8S/c1-3-5-7-20-11(15-17-18-20)9-21-12-16-14-10(8-13)19(12)6-4-2/h3-9,13H2,1-2H3. The summed E-state index contributed by atoms with van der Waals surface area (Å²) in [6, 6.07) is 0. The molecule has 2 heterocycles. The second-order valence-corrected chi connectivity index (χ2v) is 5.66. The molecule has 2 aromatic heterocycles. The highest BCUT2D eigenvalue weighted by atomic mass is 32.2. The highest BCUT2D eigenvalue weighted by Crippen LogP contribution is 2.21. The summed E-state index contributed by atoms with van der Waals surface area (Å²) in [7, 11) is 0. The Bertz CT molecular complexity index is 549. The third kappa shape index (κ3) is 4.01. The van der Waals surface area contributed by atoms with Gasteiger partial charge in [0.25, 0.3) is 0 Å². The fraction of sp³-hybridized carbons (Fsp3) is 0.750. The fourth-order valence-electron chi connectivity index (χ4n) is 1.96. The van der Waals surface area contributed by atoms with Gasteiger partial charge in [-0.1, -0.05) is 32.0 Å². The smallest absolute Gasteiger partial charge is 0.191 e. The molecule has 0 unspecified atom stereocenters. The van der Waals surface area contributed by atoms with Gasteiger partial charge in [-0.25, -0.2) is 4.68 Å². The van der Waals surface area contributed by atoms with Crippen LogP contribution in [0.1, 0.15) is 44.8 Å². The summed E-state index contributed by atoms with van der Waals surface area (Å²) >= 11 is 1.60. The molecule has 2 N–H and O–H groups in total. The quantitative estimate of drug-likeness (QED) is 0.695. The number of unbranched alkanes of at least 4 members (excludes halogenated alkanes) is 1. The number of tetrazole rings is 1. The average Bonchev–Trinajstić information content (AvgIpc) is 3.10. The maximum atomic E-state index is 5.69. The number of hydrogen-bond acceptors (Lipinski definition) is 7. The van der Waals surface area contributed by atoms with Gasteiger partial charge in [-0.05, 0) is 23.3 Å². The molecule has 0 amide bonds. The van der Waals surface area contributed by atoms with Crippen LogP contribution in [0, 0.1) is 0 Å². The first-order valence-corrected chi connectivity index (χ1v) is 8.28. The van der Waals surface area contributed by atoms with Crippen LogP contribution in [0.5, 0.6) is 0 Å². The first-order chi connectivity index (χ1) is 10.3. The van der Waals surface area contributed by atoms with Gasteiger partial charge < -0.3 is 10.3 Å². The molecule has 0 aliphatic rings. The summed E-state index contributed by atoms with van der Waals surface area (Å²) in [6.07, 6.45) is 3.22. The lowest BCUT2D eigenvalue weighted by molar-refractivity contribution is 0.540. The predicted molar refractivity (Wildman–Crippen MR) is 80.5 cm³/mol. The Labute approximate surface area is 128 Å². The van der Waals surface area contributed by atoms with Gasteiger partial charge in [-0.2, -0.15) is 0 Å². The van der Waals surface area contributed by atoms with Crippen molar-refractivity contribution in [2.45, 2.75) is 63.7 Å². The molecule has 0 saturated heterocycles. The first kappa shape index (κ1) is 15.9. The highest BCUT2D eigenvalue weighted by molar-refractivity contribution is 7.98. The van der Waals surface area contributed by atoms with Crippen LogP contribution in [0.25, 0.3) is 0 Å². The number of rotatable bonds is 9. The number of hydrogen-bond donors (Lipinski definition) is 1. The van der Waals surface area contributed by atoms with Crippen molar-refractivity contribution in [3.05, 3.63) is 11.6 Å². The van der Waals surface area contributed by atoms with Crippen LogP contribution in [0.15, 0.2) is 5.16 Å². The second-order valence-electron chi connectivity index (χ2n) is 4.72. The lowest BCUT2D eigenvalue weighted by Gasteiger charge is -2.07. The lowest BCUT2D eigenvalue weighted by Crippen LogP contribution is -2.09. The maximum absolute atomic E-state index is 5.69. The van der Waals surface area contributed by atoms with E-state index in [9.17, 15) is 0 Å². The topological polar surface area (TPSA) is 100 Å². The summed E-state index contributed by atoms with van der Waals surface area (Å²) in [5, 5.41) is 21.1. The Kier molecular flexibility index (Phi) is 6.12. The van der Waals surface area contributed by atoms with E-state index in [0.29, 0.717) is 12.3 Å². The largest absolute Gasteiger partial charge is 0.324 e. The van der Waals surface area contributed by atoms with Crippen LogP contribution in [0.4, 0.5) is 0 Å². The Morgan fingerprint density at radius 3 is 2.62 bits per heavy atom.